The Bertz CT molecular complexity index is 2550. The largest absolute Gasteiger partial charge is 0.286 e. The topological polar surface area (TPSA) is 71.7 Å². The first-order valence-corrected chi connectivity index (χ1v) is 23.3. The van der Waals surface area contributed by atoms with Crippen LogP contribution >= 0.6 is 23.5 Å². The molecule has 61 heavy (non-hydrogen) atoms. The molecule has 6 nitrogen and oxygen atoms in total. The molecule has 2 N–H and O–H groups in total. The Morgan fingerprint density at radius 1 is 0.475 bits per heavy atom. The Balaban J connectivity index is 0.936. The highest BCUT2D eigenvalue weighted by Gasteiger charge is 2.59. The Morgan fingerprint density at radius 2 is 0.836 bits per heavy atom. The number of rotatable bonds is 6. The summed E-state index contributed by atoms with van der Waals surface area (Å²) in [7, 11) is 0. The number of aliphatic imine (C=N–C) groups is 2. The van der Waals surface area contributed by atoms with Gasteiger partial charge in [0.1, 0.15) is 0 Å². The zero-order chi connectivity index (χ0) is 43.1. The maximum atomic E-state index is 11.1. The van der Waals surface area contributed by atoms with Gasteiger partial charge in [0.25, 0.3) is 0 Å². The molecule has 2 aliphatic carbocycles. The number of hydrogen-bond donors (Lipinski definition) is 2. The maximum Gasteiger partial charge on any atom is 0.156 e. The number of allylic oxidation sites excluding steroid dienone is 6. The molecule has 0 aromatic heterocycles. The van der Waals surface area contributed by atoms with E-state index in [4.69, 9.17) is 9.98 Å². The zero-order valence-electron chi connectivity index (χ0n) is 37.0. The van der Waals surface area contributed by atoms with Crippen LogP contribution in [0.1, 0.15) is 111 Å². The molecule has 1 fully saturated rings. The van der Waals surface area contributed by atoms with Gasteiger partial charge in [-0.2, -0.15) is 0 Å². The quantitative estimate of drug-likeness (QED) is 0.201. The van der Waals surface area contributed by atoms with Crippen molar-refractivity contribution in [1.29, 1.82) is 0 Å². The van der Waals surface area contributed by atoms with Crippen LogP contribution in [0.4, 0.5) is 0 Å². The first-order chi connectivity index (χ1) is 28.8. The monoisotopic (exact) mass is 844 g/mol. The fourth-order valence-electron chi connectivity index (χ4n) is 9.94. The van der Waals surface area contributed by atoms with Crippen molar-refractivity contribution < 1.29 is 10.4 Å². The number of nitrogens with zero attached hydrogens (tertiary/aromatic N) is 4. The van der Waals surface area contributed by atoms with Gasteiger partial charge in [0, 0.05) is 26.4 Å². The Kier molecular flexibility index (Phi) is 8.92. The first-order valence-electron chi connectivity index (χ1n) is 21.7. The maximum absolute atomic E-state index is 11.1. The van der Waals surface area contributed by atoms with Crippen molar-refractivity contribution in [2.75, 3.05) is 0 Å². The average molecular weight is 845 g/mol. The van der Waals surface area contributed by atoms with Gasteiger partial charge < -0.3 is 0 Å². The van der Waals surface area contributed by atoms with E-state index in [2.05, 4.69) is 139 Å². The SMILES string of the molecule is CC1(C)N=C(c2cccc(-c3ccc(C4=CC5=C6CCCC6=C6C=C(c7ccc(-c8cccc(C9=NC(C)(C)C(C)(C)N9O)c8)cc7)SC(C)(S4)C56C)cc3)c2)N(O)C1(C)C. The Morgan fingerprint density at radius 3 is 1.20 bits per heavy atom. The summed E-state index contributed by atoms with van der Waals surface area (Å²) in [5.41, 5.74) is 13.0. The van der Waals surface area contributed by atoms with Crippen LogP contribution in [-0.4, -0.2) is 58.4 Å². The van der Waals surface area contributed by atoms with Crippen LogP contribution < -0.4 is 0 Å². The van der Waals surface area contributed by atoms with E-state index in [9.17, 15) is 10.4 Å². The summed E-state index contributed by atoms with van der Waals surface area (Å²) in [6.07, 6.45) is 8.54. The molecule has 312 valence electrons. The first kappa shape index (κ1) is 40.5. The molecule has 0 spiro atoms. The third-order valence-corrected chi connectivity index (χ3v) is 18.7. The smallest absolute Gasteiger partial charge is 0.156 e. The molecule has 4 heterocycles. The molecule has 6 aliphatic rings. The van der Waals surface area contributed by atoms with Crippen molar-refractivity contribution in [3.8, 4) is 22.3 Å². The van der Waals surface area contributed by atoms with Crippen molar-refractivity contribution >= 4 is 45.0 Å². The fourth-order valence-corrected chi connectivity index (χ4v) is 13.2. The second-order valence-electron chi connectivity index (χ2n) is 20.0. The van der Waals surface area contributed by atoms with Gasteiger partial charge >= 0.3 is 0 Å². The minimum atomic E-state index is -0.513. The summed E-state index contributed by atoms with van der Waals surface area (Å²) in [6.45, 7) is 21.4. The van der Waals surface area contributed by atoms with Crippen LogP contribution in [0.3, 0.4) is 0 Å². The van der Waals surface area contributed by atoms with Crippen LogP contribution in [0.15, 0.2) is 141 Å². The predicted octanol–water partition coefficient (Wildman–Crippen LogP) is 13.4. The second-order valence-corrected chi connectivity index (χ2v) is 23.2. The van der Waals surface area contributed by atoms with E-state index in [0.29, 0.717) is 11.7 Å². The lowest BCUT2D eigenvalue weighted by molar-refractivity contribution is -0.0992. The Hall–Kier alpha value is -4.60. The third-order valence-electron chi connectivity index (χ3n) is 15.5. The molecule has 10 rings (SSSR count). The van der Waals surface area contributed by atoms with Gasteiger partial charge in [-0.15, -0.1) is 23.5 Å². The van der Waals surface area contributed by atoms with Crippen molar-refractivity contribution in [2.24, 2.45) is 15.4 Å². The third kappa shape index (κ3) is 5.85. The van der Waals surface area contributed by atoms with E-state index < -0.39 is 22.2 Å². The van der Waals surface area contributed by atoms with Crippen LogP contribution in [0, 0.1) is 5.41 Å². The van der Waals surface area contributed by atoms with Crippen LogP contribution in [0.25, 0.3) is 32.1 Å². The normalized spacial score (nSPS) is 26.6. The molecule has 8 heteroatoms. The summed E-state index contributed by atoms with van der Waals surface area (Å²) in [5, 5.41) is 25.0. The standard InChI is InChI=1S/C53H56N4O2S2/c1-48(2)50(5,6)56(58)46(54-48)38-16-11-14-36(28-38)32-20-24-34(25-21-32)44-30-42-40-18-13-19-41(40)43-31-45(61-53(10,60-44)52(42,43)9)35-26-22-33(23-27-35)37-15-12-17-39(29-37)47-55-49(3,4)51(7,8)57(47)59/h11-12,14-17,20-31,58-59H,13,18-19H2,1-10H3. The van der Waals surface area contributed by atoms with Crippen LogP contribution in [0.5, 0.6) is 0 Å². The zero-order valence-corrected chi connectivity index (χ0v) is 38.6. The molecule has 0 radical (unpaired) electrons. The van der Waals surface area contributed by atoms with Gasteiger partial charge in [-0.25, -0.2) is 10.1 Å². The van der Waals surface area contributed by atoms with Crippen LogP contribution in [-0.2, 0) is 0 Å². The van der Waals surface area contributed by atoms with Gasteiger partial charge in [-0.1, -0.05) is 84.9 Å². The molecule has 1 saturated carbocycles. The van der Waals surface area contributed by atoms with Crippen molar-refractivity contribution in [2.45, 2.75) is 115 Å². The number of thioether (sulfide) groups is 2. The minimum absolute atomic E-state index is 0.0828. The summed E-state index contributed by atoms with van der Waals surface area (Å²) < 4.78 is -0.157. The van der Waals surface area contributed by atoms with E-state index >= 15 is 0 Å². The summed E-state index contributed by atoms with van der Waals surface area (Å²) >= 11 is 4.04. The van der Waals surface area contributed by atoms with E-state index in [0.717, 1.165) is 46.2 Å². The van der Waals surface area contributed by atoms with Crippen LogP contribution in [0.2, 0.25) is 0 Å². The number of hydrogen-bond acceptors (Lipinski definition) is 8. The second kappa shape index (κ2) is 13.5. The lowest BCUT2D eigenvalue weighted by atomic mass is 9.73. The highest BCUT2D eigenvalue weighted by molar-refractivity contribution is 8.26. The lowest BCUT2D eigenvalue weighted by Crippen LogP contribution is -2.51. The van der Waals surface area contributed by atoms with Gasteiger partial charge in [0.2, 0.25) is 0 Å². The molecular weight excluding hydrogens is 789 g/mol. The van der Waals surface area contributed by atoms with Gasteiger partial charge in [0.15, 0.2) is 11.7 Å². The average Bonchev–Trinajstić information content (AvgIpc) is 3.89. The van der Waals surface area contributed by atoms with E-state index in [1.807, 2.05) is 63.4 Å². The van der Waals surface area contributed by atoms with E-state index in [-0.39, 0.29) is 9.49 Å². The number of fused-ring (bicyclic) bond motifs is 1. The predicted molar refractivity (Wildman–Crippen MR) is 256 cm³/mol. The van der Waals surface area contributed by atoms with Gasteiger partial charge in [-0.05, 0) is 168 Å². The van der Waals surface area contributed by atoms with E-state index in [1.54, 1.807) is 11.1 Å². The Labute approximate surface area is 369 Å². The molecule has 0 atom stereocenters. The van der Waals surface area contributed by atoms with Crippen molar-refractivity contribution in [1.82, 2.24) is 10.1 Å². The van der Waals surface area contributed by atoms with Crippen molar-refractivity contribution in [3.05, 3.63) is 154 Å². The fraction of sp³-hybridized carbons (Fsp3) is 0.358. The minimum Gasteiger partial charge on any atom is -0.286 e. The summed E-state index contributed by atoms with van der Waals surface area (Å²) in [5.74, 6) is 1.23. The lowest BCUT2D eigenvalue weighted by Gasteiger charge is -2.52. The molecule has 0 saturated heterocycles. The molecule has 4 aromatic carbocycles. The highest BCUT2D eigenvalue weighted by Crippen LogP contribution is 2.73. The highest BCUT2D eigenvalue weighted by atomic mass is 32.2. The number of hydroxylamine groups is 4. The van der Waals surface area contributed by atoms with Crippen molar-refractivity contribution in [3.63, 3.8) is 0 Å². The summed E-state index contributed by atoms with van der Waals surface area (Å²) in [6, 6.07) is 34.8. The molecular formula is C53H56N4O2S2. The molecule has 4 aliphatic heterocycles. The summed E-state index contributed by atoms with van der Waals surface area (Å²) in [4.78, 5) is 12.5. The number of benzene rings is 4. The van der Waals surface area contributed by atoms with Gasteiger partial charge in [0.05, 0.1) is 26.2 Å². The number of amidine groups is 2. The van der Waals surface area contributed by atoms with E-state index in [1.165, 1.54) is 48.6 Å². The van der Waals surface area contributed by atoms with Gasteiger partial charge in [-0.3, -0.25) is 20.4 Å². The molecule has 4 aromatic rings. The molecule has 0 bridgehead atoms. The molecule has 0 unspecified atom stereocenters. The molecule has 0 amide bonds.